The summed E-state index contributed by atoms with van der Waals surface area (Å²) < 4.78 is 0. The molecule has 4 nitrogen and oxygen atoms in total. The standard InChI is InChI=1S/C18H21N3O/c19-18(9-1-2-10-18)13-14-3-5-15(6-4-14)17(22)21-16-7-11-20-12-8-16/h3-8,11-12H,1-2,9-10,13,19H2,(H,20,21,22). The Balaban J connectivity index is 1.65. The van der Waals surface area contributed by atoms with Gasteiger partial charge in [0, 0.05) is 29.2 Å². The molecule has 0 radical (unpaired) electrons. The minimum atomic E-state index is -0.110. The van der Waals surface area contributed by atoms with Gasteiger partial charge in [-0.3, -0.25) is 9.78 Å². The third-order valence-electron chi connectivity index (χ3n) is 4.31. The fraction of sp³-hybridized carbons (Fsp3) is 0.333. The fourth-order valence-corrected chi connectivity index (χ4v) is 3.07. The van der Waals surface area contributed by atoms with Gasteiger partial charge < -0.3 is 11.1 Å². The number of pyridine rings is 1. The van der Waals surface area contributed by atoms with Crippen molar-refractivity contribution in [1.82, 2.24) is 4.98 Å². The molecule has 1 heterocycles. The number of amides is 1. The van der Waals surface area contributed by atoms with Crippen LogP contribution in [-0.4, -0.2) is 16.4 Å². The third kappa shape index (κ3) is 3.52. The average molecular weight is 295 g/mol. The zero-order valence-electron chi connectivity index (χ0n) is 12.6. The molecule has 0 unspecified atom stereocenters. The van der Waals surface area contributed by atoms with Gasteiger partial charge in [0.25, 0.3) is 5.91 Å². The number of nitrogens with zero attached hydrogens (tertiary/aromatic N) is 1. The summed E-state index contributed by atoms with van der Waals surface area (Å²) in [6.07, 6.45) is 8.83. The number of benzene rings is 1. The lowest BCUT2D eigenvalue weighted by Gasteiger charge is -2.23. The molecule has 1 amide bonds. The first kappa shape index (κ1) is 14.7. The summed E-state index contributed by atoms with van der Waals surface area (Å²) in [6.45, 7) is 0. The Bertz CT molecular complexity index is 631. The second-order valence-corrected chi connectivity index (χ2v) is 6.13. The van der Waals surface area contributed by atoms with E-state index in [2.05, 4.69) is 10.3 Å². The van der Waals surface area contributed by atoms with E-state index in [1.165, 1.54) is 18.4 Å². The van der Waals surface area contributed by atoms with Crippen LogP contribution >= 0.6 is 0 Å². The lowest BCUT2D eigenvalue weighted by Crippen LogP contribution is -2.38. The maximum Gasteiger partial charge on any atom is 0.255 e. The van der Waals surface area contributed by atoms with Crippen molar-refractivity contribution in [3.05, 3.63) is 59.9 Å². The number of carbonyl (C=O) groups excluding carboxylic acids is 1. The van der Waals surface area contributed by atoms with Gasteiger partial charge in [0.05, 0.1) is 0 Å². The molecule has 0 aliphatic heterocycles. The molecule has 0 spiro atoms. The zero-order valence-corrected chi connectivity index (χ0v) is 12.6. The molecule has 2 aromatic rings. The zero-order chi connectivity index (χ0) is 15.4. The van der Waals surface area contributed by atoms with Gasteiger partial charge in [0.1, 0.15) is 0 Å². The van der Waals surface area contributed by atoms with Gasteiger partial charge in [-0.05, 0) is 49.1 Å². The van der Waals surface area contributed by atoms with E-state index in [0.29, 0.717) is 5.56 Å². The van der Waals surface area contributed by atoms with E-state index in [4.69, 9.17) is 5.73 Å². The molecular weight excluding hydrogens is 274 g/mol. The van der Waals surface area contributed by atoms with Crippen LogP contribution < -0.4 is 11.1 Å². The van der Waals surface area contributed by atoms with E-state index in [0.717, 1.165) is 24.9 Å². The normalized spacial score (nSPS) is 16.4. The highest BCUT2D eigenvalue weighted by atomic mass is 16.1. The number of anilines is 1. The van der Waals surface area contributed by atoms with Gasteiger partial charge in [0.15, 0.2) is 0 Å². The lowest BCUT2D eigenvalue weighted by molar-refractivity contribution is 0.102. The number of nitrogens with two attached hydrogens (primary N) is 1. The second-order valence-electron chi connectivity index (χ2n) is 6.13. The second kappa shape index (κ2) is 6.28. The minimum absolute atomic E-state index is 0.0547. The van der Waals surface area contributed by atoms with Gasteiger partial charge in [-0.15, -0.1) is 0 Å². The molecule has 0 bridgehead atoms. The molecule has 1 aromatic heterocycles. The Labute approximate surface area is 130 Å². The summed E-state index contributed by atoms with van der Waals surface area (Å²) in [5, 5.41) is 2.85. The molecule has 1 fully saturated rings. The van der Waals surface area contributed by atoms with E-state index < -0.39 is 0 Å². The Hall–Kier alpha value is -2.20. The maximum absolute atomic E-state index is 12.2. The lowest BCUT2D eigenvalue weighted by atomic mass is 9.90. The van der Waals surface area contributed by atoms with E-state index in [9.17, 15) is 4.79 Å². The molecule has 22 heavy (non-hydrogen) atoms. The molecule has 0 saturated heterocycles. The predicted molar refractivity (Wildman–Crippen MR) is 87.7 cm³/mol. The summed E-state index contributed by atoms with van der Waals surface area (Å²) in [5.41, 5.74) is 8.95. The van der Waals surface area contributed by atoms with E-state index in [-0.39, 0.29) is 11.4 Å². The first-order valence-electron chi connectivity index (χ1n) is 7.74. The van der Waals surface area contributed by atoms with Crippen LogP contribution in [0.15, 0.2) is 48.8 Å². The van der Waals surface area contributed by atoms with Crippen molar-refractivity contribution < 1.29 is 4.79 Å². The number of carbonyl (C=O) groups is 1. The Morgan fingerprint density at radius 1 is 1.09 bits per heavy atom. The van der Waals surface area contributed by atoms with E-state index >= 15 is 0 Å². The summed E-state index contributed by atoms with van der Waals surface area (Å²) in [6, 6.07) is 11.3. The first-order chi connectivity index (χ1) is 10.6. The molecule has 1 aliphatic rings. The van der Waals surface area contributed by atoms with Crippen molar-refractivity contribution in [3.8, 4) is 0 Å². The molecule has 1 aliphatic carbocycles. The number of hydrogen-bond donors (Lipinski definition) is 2. The molecule has 3 rings (SSSR count). The van der Waals surface area contributed by atoms with E-state index in [1.807, 2.05) is 24.3 Å². The number of nitrogens with one attached hydrogen (secondary N) is 1. The van der Waals surface area contributed by atoms with Crippen molar-refractivity contribution in [2.24, 2.45) is 5.73 Å². The average Bonchev–Trinajstić information content (AvgIpc) is 2.95. The van der Waals surface area contributed by atoms with Crippen LogP contribution in [0.4, 0.5) is 5.69 Å². The van der Waals surface area contributed by atoms with Crippen molar-refractivity contribution in [3.63, 3.8) is 0 Å². The quantitative estimate of drug-likeness (QED) is 0.910. The van der Waals surface area contributed by atoms with Gasteiger partial charge in [-0.2, -0.15) is 0 Å². The Morgan fingerprint density at radius 2 is 1.73 bits per heavy atom. The highest BCUT2D eigenvalue weighted by Crippen LogP contribution is 2.30. The van der Waals surface area contributed by atoms with Crippen LogP contribution in [0, 0.1) is 0 Å². The van der Waals surface area contributed by atoms with Crippen LogP contribution in [0.1, 0.15) is 41.6 Å². The highest BCUT2D eigenvalue weighted by Gasteiger charge is 2.29. The molecule has 1 aromatic carbocycles. The number of aromatic nitrogens is 1. The van der Waals surface area contributed by atoms with Crippen molar-refractivity contribution in [1.29, 1.82) is 0 Å². The summed E-state index contributed by atoms with van der Waals surface area (Å²) >= 11 is 0. The van der Waals surface area contributed by atoms with Crippen LogP contribution in [0.5, 0.6) is 0 Å². The molecule has 0 atom stereocenters. The topological polar surface area (TPSA) is 68.0 Å². The number of hydrogen-bond acceptors (Lipinski definition) is 3. The van der Waals surface area contributed by atoms with Crippen molar-refractivity contribution in [2.75, 3.05) is 5.32 Å². The largest absolute Gasteiger partial charge is 0.325 e. The van der Waals surface area contributed by atoms with Crippen LogP contribution in [0.25, 0.3) is 0 Å². The summed E-state index contributed by atoms with van der Waals surface area (Å²) in [4.78, 5) is 16.1. The van der Waals surface area contributed by atoms with Crippen LogP contribution in [0.3, 0.4) is 0 Å². The molecule has 3 N–H and O–H groups in total. The van der Waals surface area contributed by atoms with Gasteiger partial charge in [0.2, 0.25) is 0 Å². The predicted octanol–water partition coefficient (Wildman–Crippen LogP) is 3.15. The molecule has 4 heteroatoms. The summed E-state index contributed by atoms with van der Waals surface area (Å²) in [7, 11) is 0. The SMILES string of the molecule is NC1(Cc2ccc(C(=O)Nc3ccncc3)cc2)CCCC1. The number of rotatable bonds is 4. The fourth-order valence-electron chi connectivity index (χ4n) is 3.07. The van der Waals surface area contributed by atoms with Crippen molar-refractivity contribution >= 4 is 11.6 Å². The highest BCUT2D eigenvalue weighted by molar-refractivity contribution is 6.04. The molecule has 114 valence electrons. The monoisotopic (exact) mass is 295 g/mol. The smallest absolute Gasteiger partial charge is 0.255 e. The van der Waals surface area contributed by atoms with E-state index in [1.54, 1.807) is 24.5 Å². The van der Waals surface area contributed by atoms with Crippen molar-refractivity contribution in [2.45, 2.75) is 37.6 Å². The Morgan fingerprint density at radius 3 is 2.36 bits per heavy atom. The van der Waals surface area contributed by atoms with Crippen LogP contribution in [0.2, 0.25) is 0 Å². The van der Waals surface area contributed by atoms with Gasteiger partial charge in [-0.1, -0.05) is 25.0 Å². The van der Waals surface area contributed by atoms with Gasteiger partial charge >= 0.3 is 0 Å². The first-order valence-corrected chi connectivity index (χ1v) is 7.74. The molecular formula is C18H21N3O. The molecule has 1 saturated carbocycles. The summed E-state index contributed by atoms with van der Waals surface area (Å²) in [5.74, 6) is -0.110. The Kier molecular flexibility index (Phi) is 4.20. The van der Waals surface area contributed by atoms with Crippen LogP contribution in [-0.2, 0) is 6.42 Å². The third-order valence-corrected chi connectivity index (χ3v) is 4.31. The maximum atomic E-state index is 12.2. The van der Waals surface area contributed by atoms with Gasteiger partial charge in [-0.25, -0.2) is 0 Å². The minimum Gasteiger partial charge on any atom is -0.325 e.